The zero-order valence-electron chi connectivity index (χ0n) is 41.3. The molecule has 11 aliphatic rings. The molecule has 5 heteroatoms. The Morgan fingerprint density at radius 2 is 1.11 bits per heavy atom. The minimum Gasteiger partial charge on any atom is -0.390 e. The van der Waals surface area contributed by atoms with E-state index >= 15 is 0 Å². The SMILES string of the molecule is C.C1CCOC1.CC[C@]1(O)CC[C@H]2C(=CC[C@@H]3[C@@H]2CC[C@]2(C)C([C@H](C)CCC4(O)CC4)=CC[C@@H]32)C1.CC[C@]1(O)CC[C@H]2C(=CC[C@@H]3[C@@H]2CC[C@]2(C)[C@@H]([C@H](C)CCC4(O)CC4)CC[C@@H]32)C1. The van der Waals surface area contributed by atoms with Crippen molar-refractivity contribution >= 4 is 0 Å². The highest BCUT2D eigenvalue weighted by molar-refractivity contribution is 5.30. The van der Waals surface area contributed by atoms with E-state index in [-0.39, 0.29) is 18.6 Å². The number of aliphatic hydroxyl groups is 4. The molecule has 11 rings (SSSR count). The van der Waals surface area contributed by atoms with Crippen molar-refractivity contribution in [3.8, 4) is 0 Å². The van der Waals surface area contributed by atoms with Crippen LogP contribution in [-0.4, -0.2) is 56.0 Å². The third-order valence-electron chi connectivity index (χ3n) is 22.0. The maximum atomic E-state index is 10.9. The number of hydrogen-bond acceptors (Lipinski definition) is 5. The number of allylic oxidation sites excluding steroid dienone is 4. The fourth-order valence-corrected chi connectivity index (χ4v) is 17.3. The topological polar surface area (TPSA) is 90.2 Å². The Morgan fingerprint density at radius 1 is 0.578 bits per heavy atom. The van der Waals surface area contributed by atoms with Gasteiger partial charge in [-0.3, -0.25) is 0 Å². The van der Waals surface area contributed by atoms with Gasteiger partial charge in [0.2, 0.25) is 0 Å². The Labute approximate surface area is 392 Å². The highest BCUT2D eigenvalue weighted by Crippen LogP contribution is 2.66. The van der Waals surface area contributed by atoms with Crippen molar-refractivity contribution in [2.75, 3.05) is 13.2 Å². The molecular formula is C59H98O5. The Morgan fingerprint density at radius 3 is 1.62 bits per heavy atom. The van der Waals surface area contributed by atoms with Gasteiger partial charge in [-0.25, -0.2) is 0 Å². The molecule has 7 saturated carbocycles. The lowest BCUT2D eigenvalue weighted by Gasteiger charge is -2.55. The fourth-order valence-electron chi connectivity index (χ4n) is 17.3. The van der Waals surface area contributed by atoms with Gasteiger partial charge >= 0.3 is 0 Å². The van der Waals surface area contributed by atoms with Crippen LogP contribution in [-0.2, 0) is 4.74 Å². The van der Waals surface area contributed by atoms with Crippen LogP contribution in [0.25, 0.3) is 0 Å². The van der Waals surface area contributed by atoms with Crippen molar-refractivity contribution in [2.24, 2.45) is 75.9 Å². The predicted octanol–water partition coefficient (Wildman–Crippen LogP) is 13.9. The first-order valence-corrected chi connectivity index (χ1v) is 27.6. The Bertz CT molecular complexity index is 1640. The van der Waals surface area contributed by atoms with Crippen LogP contribution >= 0.6 is 0 Å². The van der Waals surface area contributed by atoms with Crippen molar-refractivity contribution in [3.05, 3.63) is 34.9 Å². The summed E-state index contributed by atoms with van der Waals surface area (Å²) in [6.07, 6.45) is 39.1. The van der Waals surface area contributed by atoms with E-state index in [0.29, 0.717) is 16.7 Å². The summed E-state index contributed by atoms with van der Waals surface area (Å²) in [5, 5.41) is 42.3. The molecule has 1 saturated heterocycles. The first-order chi connectivity index (χ1) is 30.0. The van der Waals surface area contributed by atoms with Crippen LogP contribution in [0, 0.1) is 75.9 Å². The quantitative estimate of drug-likeness (QED) is 0.164. The van der Waals surface area contributed by atoms with Gasteiger partial charge in [-0.15, -0.1) is 0 Å². The summed E-state index contributed by atoms with van der Waals surface area (Å²) in [5.74, 6) is 8.93. The Hall–Kier alpha value is -0.980. The summed E-state index contributed by atoms with van der Waals surface area (Å²) < 4.78 is 4.94. The molecule has 0 aromatic heterocycles. The summed E-state index contributed by atoms with van der Waals surface area (Å²) in [7, 11) is 0. The zero-order valence-corrected chi connectivity index (χ0v) is 41.3. The molecule has 0 unspecified atom stereocenters. The van der Waals surface area contributed by atoms with Gasteiger partial charge in [0.1, 0.15) is 0 Å². The second kappa shape index (κ2) is 19.1. The van der Waals surface area contributed by atoms with Gasteiger partial charge in [0.05, 0.1) is 22.4 Å². The minimum atomic E-state index is -0.429. The van der Waals surface area contributed by atoms with Gasteiger partial charge in [-0.05, 0) is 249 Å². The van der Waals surface area contributed by atoms with Crippen LogP contribution in [0.4, 0.5) is 0 Å². The molecule has 0 spiro atoms. The molecule has 8 fully saturated rings. The molecule has 5 nitrogen and oxygen atoms in total. The molecule has 10 aliphatic carbocycles. The van der Waals surface area contributed by atoms with Crippen molar-refractivity contribution < 1.29 is 25.2 Å². The molecule has 15 atom stereocenters. The van der Waals surface area contributed by atoms with E-state index in [4.69, 9.17) is 4.74 Å². The maximum Gasteiger partial charge on any atom is 0.0682 e. The van der Waals surface area contributed by atoms with Crippen LogP contribution in [0.3, 0.4) is 0 Å². The average molecular weight is 887 g/mol. The van der Waals surface area contributed by atoms with E-state index in [1.165, 1.54) is 89.9 Å². The molecule has 4 N–H and O–H groups in total. The molecule has 0 bridgehead atoms. The van der Waals surface area contributed by atoms with Gasteiger partial charge in [-0.2, -0.15) is 0 Å². The molecule has 364 valence electrons. The van der Waals surface area contributed by atoms with Crippen molar-refractivity contribution in [2.45, 2.75) is 245 Å². The van der Waals surface area contributed by atoms with Crippen molar-refractivity contribution in [1.29, 1.82) is 0 Å². The molecule has 1 aliphatic heterocycles. The van der Waals surface area contributed by atoms with E-state index in [1.807, 2.05) is 0 Å². The maximum absolute atomic E-state index is 10.9. The van der Waals surface area contributed by atoms with Gasteiger partial charge in [0.15, 0.2) is 0 Å². The highest BCUT2D eigenvalue weighted by atomic mass is 16.5. The minimum absolute atomic E-state index is 0. The molecule has 1 heterocycles. The fraction of sp³-hybridized carbons (Fsp3) is 0.898. The van der Waals surface area contributed by atoms with Crippen LogP contribution in [0.5, 0.6) is 0 Å². The van der Waals surface area contributed by atoms with E-state index in [9.17, 15) is 20.4 Å². The molecule has 0 aromatic rings. The largest absolute Gasteiger partial charge is 0.390 e. The van der Waals surface area contributed by atoms with Gasteiger partial charge < -0.3 is 25.2 Å². The lowest BCUT2D eigenvalue weighted by atomic mass is 9.50. The summed E-state index contributed by atoms with van der Waals surface area (Å²) in [5.41, 5.74) is 4.42. The molecule has 0 aromatic carbocycles. The second-order valence-electron chi connectivity index (χ2n) is 25.5. The van der Waals surface area contributed by atoms with Crippen molar-refractivity contribution in [3.63, 3.8) is 0 Å². The molecular weight excluding hydrogens is 789 g/mol. The predicted molar refractivity (Wildman–Crippen MR) is 264 cm³/mol. The third-order valence-corrected chi connectivity index (χ3v) is 22.0. The highest BCUT2D eigenvalue weighted by Gasteiger charge is 2.58. The summed E-state index contributed by atoms with van der Waals surface area (Å²) >= 11 is 0. The molecule has 64 heavy (non-hydrogen) atoms. The molecule has 0 radical (unpaired) electrons. The number of rotatable bonds is 10. The van der Waals surface area contributed by atoms with Crippen LogP contribution in [0.2, 0.25) is 0 Å². The van der Waals surface area contributed by atoms with Gasteiger partial charge in [-0.1, -0.05) is 83.9 Å². The smallest absolute Gasteiger partial charge is 0.0682 e. The van der Waals surface area contributed by atoms with Crippen molar-refractivity contribution in [1.82, 2.24) is 0 Å². The number of hydrogen-bond donors (Lipinski definition) is 4. The van der Waals surface area contributed by atoms with E-state index in [0.717, 1.165) is 156 Å². The third kappa shape index (κ3) is 9.77. The normalized spacial score (nSPS) is 44.9. The van der Waals surface area contributed by atoms with Gasteiger partial charge in [0, 0.05) is 13.2 Å². The summed E-state index contributed by atoms with van der Waals surface area (Å²) in [4.78, 5) is 0. The monoisotopic (exact) mass is 887 g/mol. The van der Waals surface area contributed by atoms with E-state index in [2.05, 4.69) is 59.8 Å². The zero-order chi connectivity index (χ0) is 44.4. The Kier molecular flexibility index (Phi) is 14.7. The standard InChI is InChI=1S/C27H44O2.C27H42O2.C4H8O.CH4/c2*1-4-26(28)14-11-20-19(17-26)5-6-22-21(20)10-12-25(3)23(7-8-24(22)25)18(2)9-13-27(29)15-16-27;1-2-4-5-3-1;/h5,18,20-24,28-29H,4,6-17H2,1-3H3;5,7,18,20-22,24,28-29H,4,6,8-17H2,1-3H3;1-4H2;1H4/t18-,20+,21-,22-,23-,24+,25-,26+;18-,20+,21-,22-,24+,25-,26+;;/m11../s1. The van der Waals surface area contributed by atoms with Gasteiger partial charge in [0.25, 0.3) is 0 Å². The van der Waals surface area contributed by atoms with E-state index < -0.39 is 11.2 Å². The average Bonchev–Trinajstić information content (AvgIpc) is 3.92. The first kappa shape index (κ1) is 49.4. The van der Waals surface area contributed by atoms with E-state index in [1.54, 1.807) is 16.7 Å². The van der Waals surface area contributed by atoms with Crippen LogP contribution < -0.4 is 0 Å². The number of fused-ring (bicyclic) bond motifs is 10. The lowest BCUT2D eigenvalue weighted by molar-refractivity contribution is -0.0466. The second-order valence-corrected chi connectivity index (χ2v) is 25.5. The Balaban J connectivity index is 0.000000155. The summed E-state index contributed by atoms with van der Waals surface area (Å²) in [6.45, 7) is 16.4. The first-order valence-electron chi connectivity index (χ1n) is 27.6. The molecule has 0 amide bonds. The summed E-state index contributed by atoms with van der Waals surface area (Å²) in [6, 6.07) is 0. The van der Waals surface area contributed by atoms with Crippen LogP contribution in [0.1, 0.15) is 222 Å². The van der Waals surface area contributed by atoms with Crippen LogP contribution in [0.15, 0.2) is 34.9 Å². The lowest BCUT2D eigenvalue weighted by Crippen LogP contribution is -2.48. The number of ether oxygens (including phenoxy) is 1.